The first-order valence-electron chi connectivity index (χ1n) is 8.32. The third kappa shape index (κ3) is 5.45. The molecule has 0 aromatic heterocycles. The van der Waals surface area contributed by atoms with E-state index in [1.54, 1.807) is 0 Å². The molecule has 118 valence electrons. The average molecular weight is 325 g/mol. The summed E-state index contributed by atoms with van der Waals surface area (Å²) in [6, 6.07) is 6.88. The van der Waals surface area contributed by atoms with Gasteiger partial charge in [0, 0.05) is 0 Å². The van der Waals surface area contributed by atoms with Gasteiger partial charge in [-0.05, 0) is 66.7 Å². The van der Waals surface area contributed by atoms with Gasteiger partial charge in [-0.1, -0.05) is 31.4 Å². The summed E-state index contributed by atoms with van der Waals surface area (Å²) in [6.07, 6.45) is 10.1. The molecule has 0 N–H and O–H groups in total. The molecule has 1 aromatic carbocycles. The Kier molecular flexibility index (Phi) is 7.87. The van der Waals surface area contributed by atoms with Crippen molar-refractivity contribution in [1.82, 2.24) is 0 Å². The van der Waals surface area contributed by atoms with Crippen LogP contribution in [0.4, 0.5) is 0 Å². The van der Waals surface area contributed by atoms with Crippen LogP contribution in [0.15, 0.2) is 18.2 Å². The van der Waals surface area contributed by atoms with Crippen LogP contribution in [-0.2, 0) is 6.42 Å². The SMILES string of the molecule is SCCCOc1ccc(C2CCCCC2)cc1CCCS. The zero-order chi connectivity index (χ0) is 14.9. The minimum atomic E-state index is 0.764. The maximum Gasteiger partial charge on any atom is 0.122 e. The lowest BCUT2D eigenvalue weighted by Crippen LogP contribution is -2.07. The molecule has 0 spiro atoms. The third-order valence-corrected chi connectivity index (χ3v) is 4.96. The van der Waals surface area contributed by atoms with E-state index in [1.165, 1.54) is 43.2 Å². The van der Waals surface area contributed by atoms with Crippen molar-refractivity contribution in [3.63, 3.8) is 0 Å². The molecule has 3 heteroatoms. The Hall–Kier alpha value is -0.280. The summed E-state index contributed by atoms with van der Waals surface area (Å²) in [6.45, 7) is 0.764. The highest BCUT2D eigenvalue weighted by Gasteiger charge is 2.17. The Morgan fingerprint density at radius 3 is 2.48 bits per heavy atom. The van der Waals surface area contributed by atoms with Crippen LogP contribution < -0.4 is 4.74 Å². The van der Waals surface area contributed by atoms with Crippen LogP contribution in [0.5, 0.6) is 5.75 Å². The zero-order valence-electron chi connectivity index (χ0n) is 12.9. The number of thiol groups is 2. The standard InChI is InChI=1S/C18H28OS2/c20-12-4-8-17-14-16(15-6-2-1-3-7-15)9-10-18(17)19-11-5-13-21/h9-10,14-15,20-21H,1-8,11-13H2. The Labute approximate surface area is 140 Å². The number of ether oxygens (including phenoxy) is 1. The van der Waals surface area contributed by atoms with E-state index < -0.39 is 0 Å². The molecule has 21 heavy (non-hydrogen) atoms. The second kappa shape index (κ2) is 9.68. The fourth-order valence-electron chi connectivity index (χ4n) is 3.14. The van der Waals surface area contributed by atoms with Gasteiger partial charge in [-0.25, -0.2) is 0 Å². The third-order valence-electron chi connectivity index (χ3n) is 4.33. The lowest BCUT2D eigenvalue weighted by atomic mass is 9.83. The highest BCUT2D eigenvalue weighted by atomic mass is 32.1. The van der Waals surface area contributed by atoms with E-state index in [1.807, 2.05) is 0 Å². The first-order valence-corrected chi connectivity index (χ1v) is 9.59. The molecule has 2 rings (SSSR count). The molecule has 1 aliphatic rings. The molecule has 0 atom stereocenters. The Morgan fingerprint density at radius 2 is 1.76 bits per heavy atom. The van der Waals surface area contributed by atoms with E-state index in [0.29, 0.717) is 0 Å². The van der Waals surface area contributed by atoms with E-state index in [9.17, 15) is 0 Å². The van der Waals surface area contributed by atoms with Gasteiger partial charge >= 0.3 is 0 Å². The number of hydrogen-bond donors (Lipinski definition) is 2. The van der Waals surface area contributed by atoms with Gasteiger partial charge in [-0.15, -0.1) is 0 Å². The summed E-state index contributed by atoms with van der Waals surface area (Å²) in [7, 11) is 0. The molecule has 0 saturated heterocycles. The molecule has 1 nitrogen and oxygen atoms in total. The summed E-state index contributed by atoms with van der Waals surface area (Å²) in [5.74, 6) is 3.65. The molecule has 1 aliphatic carbocycles. The monoisotopic (exact) mass is 324 g/mol. The molecule has 0 bridgehead atoms. The van der Waals surface area contributed by atoms with Gasteiger partial charge < -0.3 is 4.74 Å². The number of rotatable bonds is 8. The molecule has 0 amide bonds. The number of aryl methyl sites for hydroxylation is 1. The van der Waals surface area contributed by atoms with Gasteiger partial charge in [-0.2, -0.15) is 25.3 Å². The molecule has 1 saturated carbocycles. The van der Waals surface area contributed by atoms with Crippen molar-refractivity contribution in [2.45, 2.75) is 57.3 Å². The Bertz CT molecular complexity index is 414. The van der Waals surface area contributed by atoms with Crippen LogP contribution in [0.1, 0.15) is 62.0 Å². The van der Waals surface area contributed by atoms with E-state index in [2.05, 4.69) is 43.5 Å². The minimum absolute atomic E-state index is 0.764. The van der Waals surface area contributed by atoms with Crippen molar-refractivity contribution >= 4 is 25.3 Å². The molecule has 0 aliphatic heterocycles. The Morgan fingerprint density at radius 1 is 1.00 bits per heavy atom. The molecule has 1 fully saturated rings. The summed E-state index contributed by atoms with van der Waals surface area (Å²) < 4.78 is 5.94. The van der Waals surface area contributed by atoms with Crippen LogP contribution in [0.3, 0.4) is 0 Å². The lowest BCUT2D eigenvalue weighted by molar-refractivity contribution is 0.315. The first kappa shape index (κ1) is 17.1. The molecule has 1 aromatic rings. The average Bonchev–Trinajstić information content (AvgIpc) is 2.54. The van der Waals surface area contributed by atoms with E-state index in [0.717, 1.165) is 49.0 Å². The minimum Gasteiger partial charge on any atom is -0.493 e. The van der Waals surface area contributed by atoms with Gasteiger partial charge in [-0.3, -0.25) is 0 Å². The first-order chi connectivity index (χ1) is 10.3. The van der Waals surface area contributed by atoms with Crippen molar-refractivity contribution in [3.8, 4) is 5.75 Å². The molecule has 0 radical (unpaired) electrons. The molecular formula is C18H28OS2. The zero-order valence-corrected chi connectivity index (χ0v) is 14.7. The van der Waals surface area contributed by atoms with Crippen molar-refractivity contribution < 1.29 is 4.74 Å². The molecule has 0 heterocycles. The second-order valence-electron chi connectivity index (χ2n) is 5.95. The van der Waals surface area contributed by atoms with E-state index in [4.69, 9.17) is 4.74 Å². The predicted molar refractivity (Wildman–Crippen MR) is 98.4 cm³/mol. The highest BCUT2D eigenvalue weighted by molar-refractivity contribution is 7.80. The second-order valence-corrected chi connectivity index (χ2v) is 6.85. The highest BCUT2D eigenvalue weighted by Crippen LogP contribution is 2.35. The largest absolute Gasteiger partial charge is 0.493 e. The fourth-order valence-corrected chi connectivity index (χ4v) is 3.43. The van der Waals surface area contributed by atoms with Crippen LogP contribution in [0.25, 0.3) is 0 Å². The summed E-state index contributed by atoms with van der Waals surface area (Å²) >= 11 is 8.59. The maximum absolute atomic E-state index is 5.94. The van der Waals surface area contributed by atoms with Gasteiger partial charge in [0.2, 0.25) is 0 Å². The molecule has 0 unspecified atom stereocenters. The van der Waals surface area contributed by atoms with Crippen LogP contribution in [0, 0.1) is 0 Å². The Balaban J connectivity index is 2.08. The van der Waals surface area contributed by atoms with Crippen LogP contribution in [-0.4, -0.2) is 18.1 Å². The van der Waals surface area contributed by atoms with Gasteiger partial charge in [0.15, 0.2) is 0 Å². The summed E-state index contributed by atoms with van der Waals surface area (Å²) in [4.78, 5) is 0. The van der Waals surface area contributed by atoms with Crippen LogP contribution >= 0.6 is 25.3 Å². The van der Waals surface area contributed by atoms with E-state index >= 15 is 0 Å². The topological polar surface area (TPSA) is 9.23 Å². The van der Waals surface area contributed by atoms with Crippen molar-refractivity contribution in [3.05, 3.63) is 29.3 Å². The van der Waals surface area contributed by atoms with Gasteiger partial charge in [0.1, 0.15) is 5.75 Å². The predicted octanol–water partition coefficient (Wildman–Crippen LogP) is 5.30. The quantitative estimate of drug-likeness (QED) is 0.487. The van der Waals surface area contributed by atoms with Gasteiger partial charge in [0.25, 0.3) is 0 Å². The molecular weight excluding hydrogens is 296 g/mol. The normalized spacial score (nSPS) is 16.1. The van der Waals surface area contributed by atoms with Crippen LogP contribution in [0.2, 0.25) is 0 Å². The van der Waals surface area contributed by atoms with Gasteiger partial charge in [0.05, 0.1) is 6.61 Å². The van der Waals surface area contributed by atoms with Crippen molar-refractivity contribution in [2.75, 3.05) is 18.1 Å². The smallest absolute Gasteiger partial charge is 0.122 e. The fraction of sp³-hybridized carbons (Fsp3) is 0.667. The van der Waals surface area contributed by atoms with Crippen molar-refractivity contribution in [1.29, 1.82) is 0 Å². The van der Waals surface area contributed by atoms with Crippen molar-refractivity contribution in [2.24, 2.45) is 0 Å². The summed E-state index contributed by atoms with van der Waals surface area (Å²) in [5.41, 5.74) is 2.89. The number of hydrogen-bond acceptors (Lipinski definition) is 3. The summed E-state index contributed by atoms with van der Waals surface area (Å²) in [5, 5.41) is 0. The lowest BCUT2D eigenvalue weighted by Gasteiger charge is -2.23. The number of benzene rings is 1. The maximum atomic E-state index is 5.94. The van der Waals surface area contributed by atoms with E-state index in [-0.39, 0.29) is 0 Å².